The Kier molecular flexibility index (Phi) is 5.04. The molecule has 0 unspecified atom stereocenters. The Morgan fingerprint density at radius 1 is 0.840 bits per heavy atom. The molecule has 0 bridgehead atoms. The molecule has 0 aliphatic heterocycles. The van der Waals surface area contributed by atoms with E-state index in [9.17, 15) is 4.79 Å². The molecular formula is C20H20N2O3. The Morgan fingerprint density at radius 2 is 1.44 bits per heavy atom. The van der Waals surface area contributed by atoms with Crippen LogP contribution in [0, 0.1) is 0 Å². The molecule has 1 aromatic heterocycles. The summed E-state index contributed by atoms with van der Waals surface area (Å²) in [5, 5.41) is 3.34. The SMILES string of the molecule is COc1ccc(NCc2ccc(=O)n(-c3ccc(OC)cc3)c2)cc1. The molecule has 5 heteroatoms. The lowest BCUT2D eigenvalue weighted by Gasteiger charge is -2.11. The maximum atomic E-state index is 12.2. The summed E-state index contributed by atoms with van der Waals surface area (Å²) in [7, 11) is 3.26. The lowest BCUT2D eigenvalue weighted by Crippen LogP contribution is -2.17. The van der Waals surface area contributed by atoms with Gasteiger partial charge in [-0.25, -0.2) is 0 Å². The fraction of sp³-hybridized carbons (Fsp3) is 0.150. The monoisotopic (exact) mass is 336 g/mol. The molecule has 0 spiro atoms. The van der Waals surface area contributed by atoms with Gasteiger partial charge in [-0.05, 0) is 54.1 Å². The van der Waals surface area contributed by atoms with Crippen LogP contribution in [0.5, 0.6) is 11.5 Å². The van der Waals surface area contributed by atoms with Crippen molar-refractivity contribution in [3.63, 3.8) is 0 Å². The topological polar surface area (TPSA) is 52.5 Å². The largest absolute Gasteiger partial charge is 0.497 e. The van der Waals surface area contributed by atoms with Crippen molar-refractivity contribution in [2.45, 2.75) is 6.54 Å². The van der Waals surface area contributed by atoms with Crippen LogP contribution in [0.25, 0.3) is 5.69 Å². The van der Waals surface area contributed by atoms with E-state index in [0.717, 1.165) is 28.4 Å². The van der Waals surface area contributed by atoms with Crippen LogP contribution in [0.3, 0.4) is 0 Å². The zero-order valence-corrected chi connectivity index (χ0v) is 14.2. The van der Waals surface area contributed by atoms with Crippen molar-refractivity contribution in [1.29, 1.82) is 0 Å². The van der Waals surface area contributed by atoms with E-state index in [1.807, 2.05) is 60.8 Å². The number of hydrogen-bond donors (Lipinski definition) is 1. The van der Waals surface area contributed by atoms with Gasteiger partial charge in [0.25, 0.3) is 5.56 Å². The molecule has 2 aromatic carbocycles. The van der Waals surface area contributed by atoms with Crippen molar-refractivity contribution < 1.29 is 9.47 Å². The number of aromatic nitrogens is 1. The predicted molar refractivity (Wildman–Crippen MR) is 98.9 cm³/mol. The lowest BCUT2D eigenvalue weighted by molar-refractivity contribution is 0.414. The standard InChI is InChI=1S/C20H20N2O3/c1-24-18-8-4-16(5-9-18)21-13-15-3-12-20(23)22(14-15)17-6-10-19(25-2)11-7-17/h3-12,14,21H,13H2,1-2H3. The Labute approximate surface area is 146 Å². The third kappa shape index (κ3) is 4.01. The van der Waals surface area contributed by atoms with Gasteiger partial charge in [0, 0.05) is 30.2 Å². The van der Waals surface area contributed by atoms with E-state index < -0.39 is 0 Å². The first-order valence-electron chi connectivity index (χ1n) is 7.93. The summed E-state index contributed by atoms with van der Waals surface area (Å²) in [6.07, 6.45) is 1.85. The summed E-state index contributed by atoms with van der Waals surface area (Å²) in [6.45, 7) is 0.614. The van der Waals surface area contributed by atoms with E-state index in [1.165, 1.54) is 0 Å². The van der Waals surface area contributed by atoms with Gasteiger partial charge < -0.3 is 14.8 Å². The highest BCUT2D eigenvalue weighted by molar-refractivity contribution is 5.47. The summed E-state index contributed by atoms with van der Waals surface area (Å²) in [6, 6.07) is 18.5. The number of hydrogen-bond acceptors (Lipinski definition) is 4. The van der Waals surface area contributed by atoms with E-state index in [1.54, 1.807) is 24.9 Å². The molecule has 128 valence electrons. The second-order valence-corrected chi connectivity index (χ2v) is 5.53. The number of rotatable bonds is 6. The molecule has 5 nitrogen and oxygen atoms in total. The van der Waals surface area contributed by atoms with Crippen LogP contribution in [-0.2, 0) is 6.54 Å². The Balaban J connectivity index is 1.77. The summed E-state index contributed by atoms with van der Waals surface area (Å²) in [4.78, 5) is 12.2. The Bertz CT molecular complexity index is 884. The van der Waals surface area contributed by atoms with E-state index in [4.69, 9.17) is 9.47 Å². The highest BCUT2D eigenvalue weighted by Gasteiger charge is 2.03. The molecule has 1 N–H and O–H groups in total. The van der Waals surface area contributed by atoms with Gasteiger partial charge in [0.2, 0.25) is 0 Å². The van der Waals surface area contributed by atoms with Gasteiger partial charge >= 0.3 is 0 Å². The first-order chi connectivity index (χ1) is 12.2. The molecule has 0 saturated carbocycles. The maximum absolute atomic E-state index is 12.2. The van der Waals surface area contributed by atoms with Crippen LogP contribution in [0.2, 0.25) is 0 Å². The highest BCUT2D eigenvalue weighted by Crippen LogP contribution is 2.17. The molecule has 0 aliphatic rings. The number of nitrogens with zero attached hydrogens (tertiary/aromatic N) is 1. The van der Waals surface area contributed by atoms with Gasteiger partial charge in [-0.3, -0.25) is 9.36 Å². The lowest BCUT2D eigenvalue weighted by atomic mass is 10.2. The second kappa shape index (κ2) is 7.57. The molecule has 1 heterocycles. The van der Waals surface area contributed by atoms with Gasteiger partial charge in [0.15, 0.2) is 0 Å². The van der Waals surface area contributed by atoms with E-state index in [0.29, 0.717) is 6.54 Å². The first kappa shape index (κ1) is 16.6. The number of anilines is 1. The normalized spacial score (nSPS) is 10.3. The zero-order valence-electron chi connectivity index (χ0n) is 14.2. The highest BCUT2D eigenvalue weighted by atomic mass is 16.5. The first-order valence-corrected chi connectivity index (χ1v) is 7.93. The molecule has 0 saturated heterocycles. The molecule has 0 aliphatic carbocycles. The van der Waals surface area contributed by atoms with Gasteiger partial charge in [-0.15, -0.1) is 0 Å². The molecular weight excluding hydrogens is 316 g/mol. The van der Waals surface area contributed by atoms with Crippen molar-refractivity contribution in [2.75, 3.05) is 19.5 Å². The number of methoxy groups -OCH3 is 2. The van der Waals surface area contributed by atoms with Crippen molar-refractivity contribution in [3.8, 4) is 17.2 Å². The van der Waals surface area contributed by atoms with Gasteiger partial charge in [-0.2, -0.15) is 0 Å². The molecule has 3 rings (SSSR count). The van der Waals surface area contributed by atoms with Crippen LogP contribution in [-0.4, -0.2) is 18.8 Å². The number of nitrogens with one attached hydrogen (secondary N) is 1. The fourth-order valence-corrected chi connectivity index (χ4v) is 2.49. The molecule has 0 amide bonds. The van der Waals surface area contributed by atoms with Crippen LogP contribution in [0.15, 0.2) is 71.7 Å². The smallest absolute Gasteiger partial charge is 0.255 e. The van der Waals surface area contributed by atoms with Gasteiger partial charge in [0.1, 0.15) is 11.5 Å². The van der Waals surface area contributed by atoms with E-state index in [2.05, 4.69) is 5.32 Å². The number of pyridine rings is 1. The Morgan fingerprint density at radius 3 is 2.04 bits per heavy atom. The Hall–Kier alpha value is -3.21. The average molecular weight is 336 g/mol. The van der Waals surface area contributed by atoms with Crippen LogP contribution >= 0.6 is 0 Å². The predicted octanol–water partition coefficient (Wildman–Crippen LogP) is 3.47. The second-order valence-electron chi connectivity index (χ2n) is 5.53. The maximum Gasteiger partial charge on any atom is 0.255 e. The summed E-state index contributed by atoms with van der Waals surface area (Å²) >= 11 is 0. The van der Waals surface area contributed by atoms with Crippen molar-refractivity contribution >= 4 is 5.69 Å². The minimum Gasteiger partial charge on any atom is -0.497 e. The minimum atomic E-state index is -0.0710. The third-order valence-electron chi connectivity index (χ3n) is 3.91. The van der Waals surface area contributed by atoms with Gasteiger partial charge in [0.05, 0.1) is 14.2 Å². The number of benzene rings is 2. The van der Waals surface area contributed by atoms with Crippen molar-refractivity contribution in [3.05, 3.63) is 82.8 Å². The van der Waals surface area contributed by atoms with Crippen LogP contribution < -0.4 is 20.3 Å². The zero-order chi connectivity index (χ0) is 17.6. The van der Waals surface area contributed by atoms with Crippen molar-refractivity contribution in [2.24, 2.45) is 0 Å². The fourth-order valence-electron chi connectivity index (χ4n) is 2.49. The van der Waals surface area contributed by atoms with Crippen LogP contribution in [0.1, 0.15) is 5.56 Å². The van der Waals surface area contributed by atoms with Crippen LogP contribution in [0.4, 0.5) is 5.69 Å². The molecule has 0 radical (unpaired) electrons. The van der Waals surface area contributed by atoms with Crippen molar-refractivity contribution in [1.82, 2.24) is 4.57 Å². The molecule has 0 atom stereocenters. The van der Waals surface area contributed by atoms with E-state index >= 15 is 0 Å². The van der Waals surface area contributed by atoms with Gasteiger partial charge in [-0.1, -0.05) is 6.07 Å². The molecule has 0 fully saturated rings. The molecule has 25 heavy (non-hydrogen) atoms. The van der Waals surface area contributed by atoms with E-state index in [-0.39, 0.29) is 5.56 Å². The third-order valence-corrected chi connectivity index (χ3v) is 3.91. The minimum absolute atomic E-state index is 0.0710. The molecule has 3 aromatic rings. The quantitative estimate of drug-likeness (QED) is 0.749. The number of ether oxygens (including phenoxy) is 2. The summed E-state index contributed by atoms with van der Waals surface area (Å²) in [5.41, 5.74) is 2.73. The summed E-state index contributed by atoms with van der Waals surface area (Å²) in [5.74, 6) is 1.58. The average Bonchev–Trinajstić information content (AvgIpc) is 2.68. The summed E-state index contributed by atoms with van der Waals surface area (Å²) < 4.78 is 11.9.